The highest BCUT2D eigenvalue weighted by Crippen LogP contribution is 2.18. The zero-order valence-electron chi connectivity index (χ0n) is 10.4. The van der Waals surface area contributed by atoms with Crippen molar-refractivity contribution in [2.45, 2.75) is 19.9 Å². The van der Waals surface area contributed by atoms with Crippen molar-refractivity contribution in [1.82, 2.24) is 4.90 Å². The van der Waals surface area contributed by atoms with Gasteiger partial charge in [0.1, 0.15) is 5.75 Å². The molecular weight excluding hydrogens is 200 g/mol. The molecule has 90 valence electrons. The molecule has 0 radical (unpaired) electrons. The molecule has 3 nitrogen and oxygen atoms in total. The van der Waals surface area contributed by atoms with Gasteiger partial charge in [-0.1, -0.05) is 26.0 Å². The van der Waals surface area contributed by atoms with Crippen LogP contribution in [0.3, 0.4) is 0 Å². The third kappa shape index (κ3) is 3.51. The van der Waals surface area contributed by atoms with Crippen molar-refractivity contribution in [3.05, 3.63) is 29.8 Å². The Morgan fingerprint density at radius 3 is 2.56 bits per heavy atom. The quantitative estimate of drug-likeness (QED) is 0.800. The highest BCUT2D eigenvalue weighted by Gasteiger charge is 2.10. The fraction of sp³-hybridized carbons (Fsp3) is 0.538. The van der Waals surface area contributed by atoms with E-state index in [0.717, 1.165) is 30.9 Å². The Balaban J connectivity index is 2.67. The van der Waals surface area contributed by atoms with E-state index in [2.05, 4.69) is 24.8 Å². The molecule has 1 aromatic rings. The molecule has 0 aromatic heterocycles. The topological polar surface area (TPSA) is 38.5 Å². The molecular formula is C13H22N2O. The van der Waals surface area contributed by atoms with E-state index in [1.54, 1.807) is 7.11 Å². The third-order valence-corrected chi connectivity index (χ3v) is 2.87. The standard InChI is InChI=1S/C13H22N2O/c1-4-15(5-2)10-13(14)11-7-6-8-12(9-11)16-3/h6-9,13H,4-5,10,14H2,1-3H3. The normalized spacial score (nSPS) is 12.8. The molecule has 0 aliphatic carbocycles. The molecule has 2 N–H and O–H groups in total. The monoisotopic (exact) mass is 222 g/mol. The zero-order chi connectivity index (χ0) is 12.0. The van der Waals surface area contributed by atoms with Crippen molar-refractivity contribution in [2.24, 2.45) is 5.73 Å². The number of ether oxygens (including phenoxy) is 1. The maximum absolute atomic E-state index is 6.17. The largest absolute Gasteiger partial charge is 0.497 e. The summed E-state index contributed by atoms with van der Waals surface area (Å²) in [6.45, 7) is 7.27. The van der Waals surface area contributed by atoms with Crippen LogP contribution in [-0.2, 0) is 0 Å². The van der Waals surface area contributed by atoms with Gasteiger partial charge in [-0.15, -0.1) is 0 Å². The van der Waals surface area contributed by atoms with Gasteiger partial charge in [-0.05, 0) is 30.8 Å². The van der Waals surface area contributed by atoms with Gasteiger partial charge in [0.05, 0.1) is 7.11 Å². The summed E-state index contributed by atoms with van der Waals surface area (Å²) in [5.74, 6) is 0.868. The molecule has 0 fully saturated rings. The van der Waals surface area contributed by atoms with Crippen LogP contribution in [0.1, 0.15) is 25.5 Å². The molecule has 0 heterocycles. The second-order valence-corrected chi connectivity index (χ2v) is 3.87. The second-order valence-electron chi connectivity index (χ2n) is 3.87. The Morgan fingerprint density at radius 1 is 1.31 bits per heavy atom. The Kier molecular flexibility index (Phi) is 5.29. The van der Waals surface area contributed by atoms with E-state index in [9.17, 15) is 0 Å². The first-order chi connectivity index (χ1) is 7.71. The van der Waals surface area contributed by atoms with Crippen molar-refractivity contribution in [3.8, 4) is 5.75 Å². The van der Waals surface area contributed by atoms with Gasteiger partial charge in [0, 0.05) is 12.6 Å². The van der Waals surface area contributed by atoms with Crippen molar-refractivity contribution < 1.29 is 4.74 Å². The number of rotatable bonds is 6. The van der Waals surface area contributed by atoms with Crippen LogP contribution in [0.5, 0.6) is 5.75 Å². The summed E-state index contributed by atoms with van der Waals surface area (Å²) in [5.41, 5.74) is 7.30. The highest BCUT2D eigenvalue weighted by atomic mass is 16.5. The van der Waals surface area contributed by atoms with Gasteiger partial charge in [0.2, 0.25) is 0 Å². The van der Waals surface area contributed by atoms with Crippen LogP contribution in [0.4, 0.5) is 0 Å². The molecule has 0 amide bonds. The smallest absolute Gasteiger partial charge is 0.119 e. The lowest BCUT2D eigenvalue weighted by Gasteiger charge is -2.23. The number of hydrogen-bond acceptors (Lipinski definition) is 3. The highest BCUT2D eigenvalue weighted by molar-refractivity contribution is 5.30. The minimum atomic E-state index is 0.0509. The van der Waals surface area contributed by atoms with Gasteiger partial charge >= 0.3 is 0 Å². The second kappa shape index (κ2) is 6.51. The number of nitrogens with two attached hydrogens (primary N) is 1. The first kappa shape index (κ1) is 13.0. The fourth-order valence-electron chi connectivity index (χ4n) is 1.74. The number of nitrogens with zero attached hydrogens (tertiary/aromatic N) is 1. The number of benzene rings is 1. The van der Waals surface area contributed by atoms with Gasteiger partial charge in [0.25, 0.3) is 0 Å². The van der Waals surface area contributed by atoms with E-state index in [-0.39, 0.29) is 6.04 Å². The van der Waals surface area contributed by atoms with Crippen molar-refractivity contribution in [3.63, 3.8) is 0 Å². The van der Waals surface area contributed by atoms with E-state index in [4.69, 9.17) is 10.5 Å². The average Bonchev–Trinajstić information content (AvgIpc) is 2.35. The first-order valence-corrected chi connectivity index (χ1v) is 5.83. The minimum Gasteiger partial charge on any atom is -0.497 e. The maximum atomic E-state index is 6.17. The summed E-state index contributed by atoms with van der Waals surface area (Å²) in [6.07, 6.45) is 0. The number of hydrogen-bond donors (Lipinski definition) is 1. The lowest BCUT2D eigenvalue weighted by Crippen LogP contribution is -2.31. The van der Waals surface area contributed by atoms with Crippen LogP contribution in [0.15, 0.2) is 24.3 Å². The molecule has 1 rings (SSSR count). The van der Waals surface area contributed by atoms with Crippen LogP contribution < -0.4 is 10.5 Å². The Labute approximate surface area is 98.2 Å². The fourth-order valence-corrected chi connectivity index (χ4v) is 1.74. The Morgan fingerprint density at radius 2 is 2.00 bits per heavy atom. The number of likely N-dealkylation sites (N-methyl/N-ethyl adjacent to an activating group) is 1. The zero-order valence-corrected chi connectivity index (χ0v) is 10.4. The maximum Gasteiger partial charge on any atom is 0.119 e. The van der Waals surface area contributed by atoms with Crippen LogP contribution in [0, 0.1) is 0 Å². The summed E-state index contributed by atoms with van der Waals surface area (Å²) in [5, 5.41) is 0. The van der Waals surface area contributed by atoms with Gasteiger partial charge in [-0.2, -0.15) is 0 Å². The van der Waals surface area contributed by atoms with Crippen LogP contribution in [0.25, 0.3) is 0 Å². The van der Waals surface area contributed by atoms with E-state index in [1.807, 2.05) is 18.2 Å². The predicted octanol–water partition coefficient (Wildman–Crippen LogP) is 2.04. The van der Waals surface area contributed by atoms with E-state index < -0.39 is 0 Å². The van der Waals surface area contributed by atoms with Crippen molar-refractivity contribution in [1.29, 1.82) is 0 Å². The predicted molar refractivity (Wildman–Crippen MR) is 67.7 cm³/mol. The van der Waals surface area contributed by atoms with Gasteiger partial charge < -0.3 is 15.4 Å². The van der Waals surface area contributed by atoms with Gasteiger partial charge in [0.15, 0.2) is 0 Å². The Hall–Kier alpha value is -1.06. The average molecular weight is 222 g/mol. The summed E-state index contributed by atoms with van der Waals surface area (Å²) in [4.78, 5) is 2.32. The third-order valence-electron chi connectivity index (χ3n) is 2.87. The molecule has 0 aliphatic rings. The molecule has 0 saturated carbocycles. The molecule has 3 heteroatoms. The molecule has 0 saturated heterocycles. The molecule has 1 aromatic carbocycles. The molecule has 1 unspecified atom stereocenters. The van der Waals surface area contributed by atoms with E-state index >= 15 is 0 Å². The minimum absolute atomic E-state index is 0.0509. The van der Waals surface area contributed by atoms with Crippen LogP contribution >= 0.6 is 0 Å². The van der Waals surface area contributed by atoms with Crippen LogP contribution in [0.2, 0.25) is 0 Å². The van der Waals surface area contributed by atoms with Crippen molar-refractivity contribution >= 4 is 0 Å². The molecule has 0 spiro atoms. The summed E-state index contributed by atoms with van der Waals surface area (Å²) in [6, 6.07) is 8.03. The first-order valence-electron chi connectivity index (χ1n) is 5.83. The SMILES string of the molecule is CCN(CC)CC(N)c1cccc(OC)c1. The van der Waals surface area contributed by atoms with E-state index in [0.29, 0.717) is 0 Å². The lowest BCUT2D eigenvalue weighted by molar-refractivity contribution is 0.284. The summed E-state index contributed by atoms with van der Waals surface area (Å²) in [7, 11) is 1.68. The molecule has 1 atom stereocenters. The molecule has 16 heavy (non-hydrogen) atoms. The van der Waals surface area contributed by atoms with E-state index in [1.165, 1.54) is 0 Å². The molecule has 0 bridgehead atoms. The summed E-state index contributed by atoms with van der Waals surface area (Å²) >= 11 is 0. The van der Waals surface area contributed by atoms with Crippen LogP contribution in [-0.4, -0.2) is 31.6 Å². The lowest BCUT2D eigenvalue weighted by atomic mass is 10.1. The van der Waals surface area contributed by atoms with Gasteiger partial charge in [-0.25, -0.2) is 0 Å². The summed E-state index contributed by atoms with van der Waals surface area (Å²) < 4.78 is 5.19. The van der Waals surface area contributed by atoms with Gasteiger partial charge in [-0.3, -0.25) is 0 Å². The Bertz CT molecular complexity index is 311. The molecule has 0 aliphatic heterocycles. The van der Waals surface area contributed by atoms with Crippen molar-refractivity contribution in [2.75, 3.05) is 26.7 Å². The number of methoxy groups -OCH3 is 1.